The van der Waals surface area contributed by atoms with Crippen molar-refractivity contribution in [2.75, 3.05) is 0 Å². The average Bonchev–Trinajstić information content (AvgIpc) is 4.08. The molecular formula is C56H93FN14S2. The van der Waals surface area contributed by atoms with Gasteiger partial charge in [-0.2, -0.15) is 25.5 Å². The fourth-order valence-corrected chi connectivity index (χ4v) is 7.53. The highest BCUT2D eigenvalue weighted by atomic mass is 32.1. The highest BCUT2D eigenvalue weighted by Crippen LogP contribution is 2.32. The molecule has 7 aromatic rings. The van der Waals surface area contributed by atoms with E-state index in [1.54, 1.807) is 29.6 Å². The maximum atomic E-state index is 13.2. The second kappa shape index (κ2) is 26.2. The Hall–Kier alpha value is -5.34. The molecule has 0 bridgehead atoms. The molecule has 0 saturated carbocycles. The number of aryl methyl sites for hydroxylation is 6. The number of thiazole rings is 2. The van der Waals surface area contributed by atoms with E-state index in [0.717, 1.165) is 34.4 Å². The van der Waals surface area contributed by atoms with Gasteiger partial charge in [0.15, 0.2) is 11.6 Å². The Morgan fingerprint density at radius 2 is 1.00 bits per heavy atom. The lowest BCUT2D eigenvalue weighted by molar-refractivity contribution is 0.509. The summed E-state index contributed by atoms with van der Waals surface area (Å²) >= 11 is 3.50. The van der Waals surface area contributed by atoms with Gasteiger partial charge in [-0.15, -0.1) is 22.7 Å². The Kier molecular flexibility index (Phi) is 23.6. The summed E-state index contributed by atoms with van der Waals surface area (Å²) in [5.41, 5.74) is 9.88. The van der Waals surface area contributed by atoms with Crippen LogP contribution in [0.1, 0.15) is 223 Å². The first kappa shape index (κ1) is 65.7. The first-order valence-corrected chi connectivity index (χ1v) is 26.5. The van der Waals surface area contributed by atoms with Gasteiger partial charge in [0.1, 0.15) is 11.5 Å². The summed E-state index contributed by atoms with van der Waals surface area (Å²) < 4.78 is 13.2. The monoisotopic (exact) mass is 1040 g/mol. The second-order valence-corrected chi connectivity index (χ2v) is 27.7. The van der Waals surface area contributed by atoms with Crippen molar-refractivity contribution in [1.29, 1.82) is 0 Å². The quantitative estimate of drug-likeness (QED) is 0.0929. The van der Waals surface area contributed by atoms with Crippen LogP contribution in [0.25, 0.3) is 4.85 Å². The van der Waals surface area contributed by atoms with Gasteiger partial charge < -0.3 is 0 Å². The van der Waals surface area contributed by atoms with Crippen molar-refractivity contribution in [1.82, 2.24) is 65.9 Å². The molecule has 0 aliphatic rings. The molecule has 0 unspecified atom stereocenters. The molecule has 0 aromatic carbocycles. The molecule has 7 heterocycles. The molecule has 5 N–H and O–H groups in total. The van der Waals surface area contributed by atoms with E-state index >= 15 is 0 Å². The molecule has 0 fully saturated rings. The van der Waals surface area contributed by atoms with Crippen LogP contribution >= 0.6 is 22.7 Å². The number of aromatic nitrogens is 13. The van der Waals surface area contributed by atoms with Crippen LogP contribution in [0.15, 0.2) is 23.8 Å². The Morgan fingerprint density at radius 3 is 1.22 bits per heavy atom. The molecule has 0 saturated heterocycles. The predicted octanol–water partition coefficient (Wildman–Crippen LogP) is 15.7. The average molecular weight is 1050 g/mol. The van der Waals surface area contributed by atoms with Crippen molar-refractivity contribution < 1.29 is 4.39 Å². The van der Waals surface area contributed by atoms with Crippen molar-refractivity contribution in [3.63, 3.8) is 0 Å². The molecule has 7 rings (SSSR count). The zero-order valence-corrected chi connectivity index (χ0v) is 51.7. The maximum absolute atomic E-state index is 13.2. The van der Waals surface area contributed by atoms with Gasteiger partial charge in [-0.3, -0.25) is 25.5 Å². The van der Waals surface area contributed by atoms with Gasteiger partial charge in [-0.05, 0) is 65.5 Å². The highest BCUT2D eigenvalue weighted by Gasteiger charge is 2.25. The SMILES string of the molecule is CC(C)(C)c1nccs1.Cc1[nH]nc(C(C)(C)C)c1C.Cc1[nH]nc(C(C)(C)C)c1F.Cc1cc(C(C)(C)C)n[nH]1.Cc1cnc(C(C)(C)C)s1.Cc1nc(C(C)(C)C)n[nH]1.[C-]#[N+]c1c(C(C)(C)C)n[nH]c1C. The molecular weight excluding hydrogens is 952 g/mol. The van der Waals surface area contributed by atoms with Crippen LogP contribution in [0.2, 0.25) is 0 Å². The van der Waals surface area contributed by atoms with Crippen LogP contribution in [0.4, 0.5) is 10.1 Å². The number of H-pyrrole nitrogens is 5. The summed E-state index contributed by atoms with van der Waals surface area (Å²) in [7, 11) is 0. The number of aromatic amines is 5. The van der Waals surface area contributed by atoms with E-state index in [2.05, 4.69) is 222 Å². The third-order valence-corrected chi connectivity index (χ3v) is 12.9. The zero-order chi connectivity index (χ0) is 56.9. The Balaban J connectivity index is 0.000000426. The summed E-state index contributed by atoms with van der Waals surface area (Å²) in [6.07, 6.45) is 3.79. The summed E-state index contributed by atoms with van der Waals surface area (Å²) in [5, 5.41) is 39.1. The molecule has 406 valence electrons. The van der Waals surface area contributed by atoms with Gasteiger partial charge in [0, 0.05) is 72.2 Å². The maximum Gasteiger partial charge on any atom is 0.230 e. The molecule has 0 aliphatic heterocycles. The van der Waals surface area contributed by atoms with Gasteiger partial charge in [-0.1, -0.05) is 145 Å². The van der Waals surface area contributed by atoms with Crippen molar-refractivity contribution in [2.45, 2.75) is 232 Å². The molecule has 73 heavy (non-hydrogen) atoms. The third-order valence-electron chi connectivity index (χ3n) is 10.4. The molecule has 0 atom stereocenters. The van der Waals surface area contributed by atoms with E-state index in [0.29, 0.717) is 17.1 Å². The normalized spacial score (nSPS) is 11.9. The lowest BCUT2D eigenvalue weighted by atomic mass is 9.89. The largest absolute Gasteiger partial charge is 0.294 e. The standard InChI is InChI=1S/C9H13N3.C9H16N2.C8H13FN2.C8H14N2.C8H13NS.C7H13N3.C7H11NS/c1-6-7(10-5)8(12-11-6)9(2,3)4;1-6-7(2)10-11-8(6)9(3,4)5;1-5-6(9)7(11-10-5)8(2,3)4;1-6-5-7(10-9-6)8(2,3)4;1-6-5-9-7(10-6)8(2,3)4;1-5-8-6(10-9-5)7(2,3)4;1-7(2,3)6-8-4-5-9-6/h1-4H3,(H,11,12);1-5H3,(H,10,11);1-4H3,(H,10,11);5H,1-4H3,(H,9,10);5H,1-4H3;1-4H3,(H,8,9,10);4-5H,1-3H3. The Labute approximate surface area is 447 Å². The molecule has 7 aromatic heterocycles. The second-order valence-electron chi connectivity index (χ2n) is 25.5. The van der Waals surface area contributed by atoms with E-state index in [1.807, 2.05) is 59.3 Å². The summed E-state index contributed by atoms with van der Waals surface area (Å²) in [5.74, 6) is 1.55. The van der Waals surface area contributed by atoms with Crippen molar-refractivity contribution in [3.05, 3.63) is 119 Å². The van der Waals surface area contributed by atoms with E-state index in [-0.39, 0.29) is 43.7 Å². The molecule has 0 aliphatic carbocycles. The minimum absolute atomic E-state index is 0.0509. The number of rotatable bonds is 0. The number of hydrogen-bond donors (Lipinski definition) is 5. The van der Waals surface area contributed by atoms with Crippen molar-refractivity contribution in [2.24, 2.45) is 0 Å². The zero-order valence-electron chi connectivity index (χ0n) is 50.0. The lowest BCUT2D eigenvalue weighted by Crippen LogP contribution is -2.13. The fourth-order valence-electron chi connectivity index (χ4n) is 5.99. The lowest BCUT2D eigenvalue weighted by Gasteiger charge is -2.15. The fraction of sp³-hybridized carbons (Fsp3) is 0.625. The predicted molar refractivity (Wildman–Crippen MR) is 305 cm³/mol. The topological polar surface area (TPSA) is 186 Å². The van der Waals surface area contributed by atoms with Crippen LogP contribution in [-0.4, -0.2) is 65.9 Å². The van der Waals surface area contributed by atoms with Crippen molar-refractivity contribution in [3.8, 4) is 0 Å². The van der Waals surface area contributed by atoms with E-state index < -0.39 is 0 Å². The first-order valence-electron chi connectivity index (χ1n) is 24.8. The number of halogens is 1. The minimum atomic E-state index is -0.213. The smallest absolute Gasteiger partial charge is 0.230 e. The highest BCUT2D eigenvalue weighted by molar-refractivity contribution is 7.11. The first-order chi connectivity index (χ1) is 32.9. The van der Waals surface area contributed by atoms with Crippen LogP contribution in [0.3, 0.4) is 0 Å². The molecule has 0 radical (unpaired) electrons. The van der Waals surface area contributed by atoms with Gasteiger partial charge >= 0.3 is 0 Å². The van der Waals surface area contributed by atoms with Gasteiger partial charge in [-0.25, -0.2) is 24.2 Å². The molecule has 14 nitrogen and oxygen atoms in total. The van der Waals surface area contributed by atoms with E-state index in [1.165, 1.54) is 31.8 Å². The number of nitrogens with one attached hydrogen (secondary N) is 5. The molecule has 0 spiro atoms. The summed E-state index contributed by atoms with van der Waals surface area (Å²) in [6.45, 7) is 65.0. The van der Waals surface area contributed by atoms with Crippen LogP contribution in [0.5, 0.6) is 0 Å². The summed E-state index contributed by atoms with van der Waals surface area (Å²) in [4.78, 5) is 17.5. The van der Waals surface area contributed by atoms with Gasteiger partial charge in [0.05, 0.1) is 39.4 Å². The third kappa shape index (κ3) is 22.4. The Morgan fingerprint density at radius 1 is 0.507 bits per heavy atom. The minimum Gasteiger partial charge on any atom is -0.294 e. The van der Waals surface area contributed by atoms with Crippen LogP contribution in [-0.2, 0) is 37.9 Å². The summed E-state index contributed by atoms with van der Waals surface area (Å²) in [6, 6.07) is 2.08. The van der Waals surface area contributed by atoms with Gasteiger partial charge in [0.25, 0.3) is 0 Å². The van der Waals surface area contributed by atoms with Crippen LogP contribution in [0, 0.1) is 60.9 Å². The molecule has 17 heteroatoms. The Bertz CT molecular complexity index is 2540. The van der Waals surface area contributed by atoms with Crippen molar-refractivity contribution >= 4 is 28.4 Å². The molecule has 0 amide bonds. The number of nitrogens with zero attached hydrogens (tertiary/aromatic N) is 9. The number of hydrogen-bond acceptors (Lipinski definition) is 10. The van der Waals surface area contributed by atoms with Gasteiger partial charge in [0.2, 0.25) is 5.69 Å². The van der Waals surface area contributed by atoms with Crippen LogP contribution < -0.4 is 0 Å². The van der Waals surface area contributed by atoms with E-state index in [4.69, 9.17) is 6.57 Å². The van der Waals surface area contributed by atoms with E-state index in [9.17, 15) is 4.39 Å².